The van der Waals surface area contributed by atoms with Gasteiger partial charge in [0.1, 0.15) is 11.6 Å². The Morgan fingerprint density at radius 1 is 1.35 bits per heavy atom. The number of fused-ring (bicyclic) bond motifs is 1. The van der Waals surface area contributed by atoms with Gasteiger partial charge in [-0.15, -0.1) is 0 Å². The molecule has 0 unspecified atom stereocenters. The Balaban J connectivity index is 1.42. The molecule has 1 saturated heterocycles. The molecular weight excluding hydrogens is 292 g/mol. The smallest absolute Gasteiger partial charge is 0.227 e. The van der Waals surface area contributed by atoms with E-state index in [-0.39, 0.29) is 11.8 Å². The second-order valence-corrected chi connectivity index (χ2v) is 6.11. The predicted molar refractivity (Wildman–Crippen MR) is 85.1 cm³/mol. The molecule has 6 heteroatoms. The molecule has 1 N–H and O–H groups in total. The number of H-pyrrole nitrogens is 1. The summed E-state index contributed by atoms with van der Waals surface area (Å²) >= 11 is 0. The van der Waals surface area contributed by atoms with Crippen molar-refractivity contribution in [2.45, 2.75) is 26.2 Å². The lowest BCUT2D eigenvalue weighted by molar-refractivity contribution is -0.135. The molecule has 1 aliphatic heterocycles. The van der Waals surface area contributed by atoms with Crippen molar-refractivity contribution in [2.75, 3.05) is 13.1 Å². The summed E-state index contributed by atoms with van der Waals surface area (Å²) in [5, 5.41) is 3.90. The molecule has 0 bridgehead atoms. The maximum absolute atomic E-state index is 12.4. The quantitative estimate of drug-likeness (QED) is 0.805. The van der Waals surface area contributed by atoms with E-state index in [1.165, 1.54) is 0 Å². The Kier molecular flexibility index (Phi) is 3.18. The van der Waals surface area contributed by atoms with Crippen LogP contribution in [0.1, 0.15) is 28.8 Å². The normalized spacial score (nSPS) is 15.1. The van der Waals surface area contributed by atoms with E-state index >= 15 is 0 Å². The molecule has 1 aliphatic rings. The summed E-state index contributed by atoms with van der Waals surface area (Å²) in [5.74, 6) is 2.10. The van der Waals surface area contributed by atoms with Crippen molar-refractivity contribution >= 4 is 16.9 Å². The summed E-state index contributed by atoms with van der Waals surface area (Å²) in [5.41, 5.74) is 3.72. The molecule has 118 valence electrons. The molecule has 0 radical (unpaired) electrons. The largest absolute Gasteiger partial charge is 0.361 e. The van der Waals surface area contributed by atoms with Crippen LogP contribution < -0.4 is 0 Å². The number of hydrogen-bond donors (Lipinski definition) is 1. The molecule has 0 spiro atoms. The van der Waals surface area contributed by atoms with Crippen LogP contribution in [0, 0.1) is 13.8 Å². The number of rotatable bonds is 3. The van der Waals surface area contributed by atoms with Gasteiger partial charge in [0, 0.05) is 18.7 Å². The van der Waals surface area contributed by atoms with E-state index < -0.39 is 0 Å². The number of hydrogen-bond acceptors (Lipinski definition) is 4. The fourth-order valence-corrected chi connectivity index (χ4v) is 3.04. The van der Waals surface area contributed by atoms with Crippen LogP contribution in [0.15, 0.2) is 28.8 Å². The first kappa shape index (κ1) is 14.0. The van der Waals surface area contributed by atoms with E-state index in [1.54, 1.807) is 0 Å². The highest BCUT2D eigenvalue weighted by atomic mass is 16.5. The van der Waals surface area contributed by atoms with E-state index in [2.05, 4.69) is 15.1 Å². The monoisotopic (exact) mass is 310 g/mol. The molecule has 23 heavy (non-hydrogen) atoms. The highest BCUT2D eigenvalue weighted by molar-refractivity contribution is 5.80. The van der Waals surface area contributed by atoms with Crippen LogP contribution in [0.4, 0.5) is 0 Å². The third-order valence-corrected chi connectivity index (χ3v) is 4.54. The van der Waals surface area contributed by atoms with E-state index in [0.717, 1.165) is 33.9 Å². The van der Waals surface area contributed by atoms with Crippen molar-refractivity contribution in [3.63, 3.8) is 0 Å². The summed E-state index contributed by atoms with van der Waals surface area (Å²) in [6, 6.07) is 7.98. The Bertz CT molecular complexity index is 821. The third kappa shape index (κ3) is 2.40. The number of nitrogens with zero attached hydrogens (tertiary/aromatic N) is 3. The molecule has 1 amide bonds. The number of para-hydroxylation sites is 2. The van der Waals surface area contributed by atoms with E-state index in [0.29, 0.717) is 19.5 Å². The molecule has 4 rings (SSSR count). The maximum Gasteiger partial charge on any atom is 0.227 e. The van der Waals surface area contributed by atoms with Crippen molar-refractivity contribution in [3.8, 4) is 0 Å². The number of aromatic nitrogens is 3. The average Bonchev–Trinajstić information content (AvgIpc) is 3.03. The van der Waals surface area contributed by atoms with Crippen molar-refractivity contribution in [1.29, 1.82) is 0 Å². The number of nitrogens with one attached hydrogen (secondary N) is 1. The van der Waals surface area contributed by atoms with E-state index in [1.807, 2.05) is 43.0 Å². The average molecular weight is 310 g/mol. The third-order valence-electron chi connectivity index (χ3n) is 4.54. The van der Waals surface area contributed by atoms with Crippen LogP contribution in [-0.4, -0.2) is 39.0 Å². The minimum Gasteiger partial charge on any atom is -0.361 e. The molecule has 1 fully saturated rings. The van der Waals surface area contributed by atoms with Gasteiger partial charge in [0.2, 0.25) is 5.91 Å². The molecular formula is C17H18N4O2. The number of aromatic amines is 1. The zero-order chi connectivity index (χ0) is 16.0. The van der Waals surface area contributed by atoms with Crippen molar-refractivity contribution in [3.05, 3.63) is 47.1 Å². The van der Waals surface area contributed by atoms with Crippen molar-refractivity contribution in [1.82, 2.24) is 20.0 Å². The minimum absolute atomic E-state index is 0.117. The van der Waals surface area contributed by atoms with Crippen LogP contribution in [0.3, 0.4) is 0 Å². The summed E-state index contributed by atoms with van der Waals surface area (Å²) in [6.45, 7) is 5.13. The number of carbonyl (C=O) groups is 1. The number of carbonyl (C=O) groups excluding carboxylic acids is 1. The van der Waals surface area contributed by atoms with Gasteiger partial charge in [-0.05, 0) is 26.0 Å². The summed E-state index contributed by atoms with van der Waals surface area (Å²) in [4.78, 5) is 22.2. The number of benzene rings is 1. The van der Waals surface area contributed by atoms with Gasteiger partial charge in [-0.1, -0.05) is 17.3 Å². The van der Waals surface area contributed by atoms with Gasteiger partial charge in [0.05, 0.1) is 29.1 Å². The fraction of sp³-hybridized carbons (Fsp3) is 0.353. The van der Waals surface area contributed by atoms with Crippen LogP contribution in [-0.2, 0) is 11.2 Å². The van der Waals surface area contributed by atoms with Crippen molar-refractivity contribution < 1.29 is 9.32 Å². The van der Waals surface area contributed by atoms with Crippen LogP contribution in [0.5, 0.6) is 0 Å². The van der Waals surface area contributed by atoms with Crippen molar-refractivity contribution in [2.24, 2.45) is 0 Å². The Hall–Kier alpha value is -2.63. The summed E-state index contributed by atoms with van der Waals surface area (Å²) in [6.07, 6.45) is 0.355. The second kappa shape index (κ2) is 5.22. The molecule has 2 aromatic heterocycles. The Morgan fingerprint density at radius 2 is 2.13 bits per heavy atom. The molecule has 3 aromatic rings. The van der Waals surface area contributed by atoms with Gasteiger partial charge in [0.15, 0.2) is 0 Å². The van der Waals surface area contributed by atoms with Crippen LogP contribution in [0.25, 0.3) is 11.0 Å². The number of amides is 1. The highest BCUT2D eigenvalue weighted by Crippen LogP contribution is 2.27. The maximum atomic E-state index is 12.4. The zero-order valence-corrected chi connectivity index (χ0v) is 13.2. The predicted octanol–water partition coefficient (Wildman–Crippen LogP) is 2.34. The highest BCUT2D eigenvalue weighted by Gasteiger charge is 2.34. The number of aryl methyl sites for hydroxylation is 2. The van der Waals surface area contributed by atoms with Crippen LogP contribution in [0.2, 0.25) is 0 Å². The van der Waals surface area contributed by atoms with Gasteiger partial charge in [-0.25, -0.2) is 4.98 Å². The summed E-state index contributed by atoms with van der Waals surface area (Å²) in [7, 11) is 0. The fourth-order valence-electron chi connectivity index (χ4n) is 3.04. The first-order valence-corrected chi connectivity index (χ1v) is 7.76. The zero-order valence-electron chi connectivity index (χ0n) is 13.2. The van der Waals surface area contributed by atoms with Gasteiger partial charge < -0.3 is 14.4 Å². The molecule has 1 aromatic carbocycles. The molecule has 6 nitrogen and oxygen atoms in total. The van der Waals surface area contributed by atoms with Gasteiger partial charge in [0.25, 0.3) is 0 Å². The number of imidazole rings is 1. The SMILES string of the molecule is Cc1noc(C)c1CC(=O)N1CC(c2nc3ccccc3[nH]2)C1. The second-order valence-electron chi connectivity index (χ2n) is 6.11. The molecule has 3 heterocycles. The lowest BCUT2D eigenvalue weighted by Gasteiger charge is -2.38. The van der Waals surface area contributed by atoms with Gasteiger partial charge in [-0.2, -0.15) is 0 Å². The Labute approximate surface area is 133 Å². The molecule has 0 aliphatic carbocycles. The first-order chi connectivity index (χ1) is 11.1. The minimum atomic E-state index is 0.117. The van der Waals surface area contributed by atoms with Crippen LogP contribution >= 0.6 is 0 Å². The molecule has 0 atom stereocenters. The molecule has 0 saturated carbocycles. The van der Waals surface area contributed by atoms with E-state index in [4.69, 9.17) is 4.52 Å². The Morgan fingerprint density at radius 3 is 2.83 bits per heavy atom. The summed E-state index contributed by atoms with van der Waals surface area (Å²) < 4.78 is 5.12. The van der Waals surface area contributed by atoms with Gasteiger partial charge in [-0.3, -0.25) is 4.79 Å². The standard InChI is InChI=1S/C17H18N4O2/c1-10-13(11(2)23-20-10)7-16(22)21-8-12(9-21)17-18-14-5-3-4-6-15(14)19-17/h3-6,12H,7-9H2,1-2H3,(H,18,19). The lowest BCUT2D eigenvalue weighted by atomic mass is 9.98. The topological polar surface area (TPSA) is 75.0 Å². The lowest BCUT2D eigenvalue weighted by Crippen LogP contribution is -2.49. The first-order valence-electron chi connectivity index (χ1n) is 7.76. The van der Waals surface area contributed by atoms with Gasteiger partial charge >= 0.3 is 0 Å². The number of likely N-dealkylation sites (tertiary alicyclic amines) is 1. The van der Waals surface area contributed by atoms with E-state index in [9.17, 15) is 4.79 Å².